The fraction of sp³-hybridized carbons (Fsp3) is 0.545. The Balaban J connectivity index is 2.88. The van der Waals surface area contributed by atoms with Crippen LogP contribution in [0.1, 0.15) is 23.8 Å². The van der Waals surface area contributed by atoms with E-state index in [1.165, 1.54) is 10.8 Å². The van der Waals surface area contributed by atoms with Gasteiger partial charge in [-0.05, 0) is 6.42 Å². The van der Waals surface area contributed by atoms with E-state index in [0.29, 0.717) is 13.0 Å². The van der Waals surface area contributed by atoms with Gasteiger partial charge >= 0.3 is 0 Å². The van der Waals surface area contributed by atoms with E-state index in [2.05, 4.69) is 0 Å². The highest BCUT2D eigenvalue weighted by Gasteiger charge is 2.29. The van der Waals surface area contributed by atoms with Crippen LogP contribution in [0.4, 0.5) is 14.5 Å². The maximum atomic E-state index is 12.8. The van der Waals surface area contributed by atoms with Crippen LogP contribution in [-0.2, 0) is 6.54 Å². The van der Waals surface area contributed by atoms with Crippen molar-refractivity contribution in [2.75, 3.05) is 13.2 Å². The number of carbonyl (C=O) groups is 1. The van der Waals surface area contributed by atoms with Gasteiger partial charge in [-0.15, -0.1) is 0 Å². The van der Waals surface area contributed by atoms with Crippen molar-refractivity contribution in [3.63, 3.8) is 0 Å². The summed E-state index contributed by atoms with van der Waals surface area (Å²) < 4.78 is 27.0. The minimum atomic E-state index is -3.43. The molecule has 20 heavy (non-hydrogen) atoms. The van der Waals surface area contributed by atoms with Crippen LogP contribution in [0.15, 0.2) is 12.3 Å². The number of aryl methyl sites for hydroxylation is 1. The topological polar surface area (TPSA) is 97.4 Å². The van der Waals surface area contributed by atoms with E-state index in [0.717, 1.165) is 6.07 Å². The van der Waals surface area contributed by atoms with E-state index in [4.69, 9.17) is 5.11 Å². The molecule has 7 nitrogen and oxygen atoms in total. The summed E-state index contributed by atoms with van der Waals surface area (Å²) in [4.78, 5) is 21.8. The normalized spacial score (nSPS) is 11.4. The first-order valence-electron chi connectivity index (χ1n) is 5.92. The van der Waals surface area contributed by atoms with E-state index < -0.39 is 29.9 Å². The summed E-state index contributed by atoms with van der Waals surface area (Å²) in [7, 11) is 0. The molecular formula is C11H15F2N3O4. The number of aromatic nitrogens is 1. The Hall–Kier alpha value is -2.03. The number of hydrogen-bond acceptors (Lipinski definition) is 4. The van der Waals surface area contributed by atoms with Crippen LogP contribution in [0.2, 0.25) is 0 Å². The van der Waals surface area contributed by atoms with E-state index in [1.54, 1.807) is 0 Å². The fourth-order valence-electron chi connectivity index (χ4n) is 1.57. The second-order valence-corrected chi connectivity index (χ2v) is 4.23. The summed E-state index contributed by atoms with van der Waals surface area (Å²) in [5, 5.41) is 21.0. The van der Waals surface area contributed by atoms with E-state index >= 15 is 0 Å². The molecule has 9 heteroatoms. The zero-order chi connectivity index (χ0) is 15.3. The third-order valence-electron chi connectivity index (χ3n) is 2.53. The first kappa shape index (κ1) is 16.0. The van der Waals surface area contributed by atoms with Gasteiger partial charge in [0, 0.05) is 12.6 Å². The number of nitrogens with one attached hydrogen (secondary N) is 1. The lowest BCUT2D eigenvalue weighted by Gasteiger charge is -2.14. The van der Waals surface area contributed by atoms with Crippen molar-refractivity contribution in [1.82, 2.24) is 9.88 Å². The van der Waals surface area contributed by atoms with Crippen molar-refractivity contribution >= 4 is 11.6 Å². The van der Waals surface area contributed by atoms with Crippen LogP contribution in [0.3, 0.4) is 0 Å². The zero-order valence-electron chi connectivity index (χ0n) is 10.8. The van der Waals surface area contributed by atoms with Gasteiger partial charge in [0.15, 0.2) is 0 Å². The molecule has 0 aliphatic heterocycles. The highest BCUT2D eigenvalue weighted by atomic mass is 19.3. The van der Waals surface area contributed by atoms with Gasteiger partial charge in [-0.2, -0.15) is 0 Å². The molecule has 0 aliphatic rings. The number of amides is 1. The molecule has 1 heterocycles. The smallest absolute Gasteiger partial charge is 0.287 e. The summed E-state index contributed by atoms with van der Waals surface area (Å²) in [6, 6.07) is 1.03. The predicted molar refractivity (Wildman–Crippen MR) is 65.7 cm³/mol. The number of nitrogens with zero attached hydrogens (tertiary/aromatic N) is 2. The number of carbonyl (C=O) groups excluding carboxylic acids is 1. The van der Waals surface area contributed by atoms with Crippen molar-refractivity contribution in [2.24, 2.45) is 0 Å². The van der Waals surface area contributed by atoms with Crippen molar-refractivity contribution in [3.8, 4) is 0 Å². The third kappa shape index (κ3) is 3.98. The molecular weight excluding hydrogens is 276 g/mol. The van der Waals surface area contributed by atoms with Gasteiger partial charge in [-0.1, -0.05) is 6.92 Å². The molecule has 0 aliphatic carbocycles. The van der Waals surface area contributed by atoms with Crippen LogP contribution >= 0.6 is 0 Å². The first-order valence-corrected chi connectivity index (χ1v) is 5.92. The van der Waals surface area contributed by atoms with Crippen LogP contribution in [0.5, 0.6) is 0 Å². The Labute approximate surface area is 113 Å². The fourth-order valence-corrected chi connectivity index (χ4v) is 1.57. The first-order chi connectivity index (χ1) is 9.30. The summed E-state index contributed by atoms with van der Waals surface area (Å²) >= 11 is 0. The molecule has 1 amide bonds. The van der Waals surface area contributed by atoms with Gasteiger partial charge in [0.2, 0.25) is 0 Å². The number of rotatable bonds is 7. The molecule has 0 aromatic carbocycles. The lowest BCUT2D eigenvalue weighted by Crippen LogP contribution is -2.39. The zero-order valence-corrected chi connectivity index (χ0v) is 10.8. The van der Waals surface area contributed by atoms with Gasteiger partial charge in [0.1, 0.15) is 12.3 Å². The lowest BCUT2D eigenvalue weighted by atomic mass is 10.3. The number of nitro groups is 1. The van der Waals surface area contributed by atoms with E-state index in [1.807, 2.05) is 12.2 Å². The Kier molecular flexibility index (Phi) is 5.14. The Morgan fingerprint density at radius 1 is 1.60 bits per heavy atom. The molecule has 0 unspecified atom stereocenters. The average Bonchev–Trinajstić information content (AvgIpc) is 2.81. The molecule has 1 aromatic heterocycles. The molecule has 0 saturated carbocycles. The summed E-state index contributed by atoms with van der Waals surface area (Å²) in [5.41, 5.74) is -0.343. The van der Waals surface area contributed by atoms with Crippen molar-refractivity contribution in [3.05, 3.63) is 28.1 Å². The lowest BCUT2D eigenvalue weighted by molar-refractivity contribution is -0.384. The SMILES string of the molecule is CCCn1cc([N+](=O)[O-])cc1C(=O)NCC(F)(F)CO. The van der Waals surface area contributed by atoms with Gasteiger partial charge in [-0.3, -0.25) is 14.9 Å². The highest BCUT2D eigenvalue weighted by molar-refractivity contribution is 5.93. The molecule has 0 spiro atoms. The third-order valence-corrected chi connectivity index (χ3v) is 2.53. The van der Waals surface area contributed by atoms with Crippen molar-refractivity contribution in [1.29, 1.82) is 0 Å². The quantitative estimate of drug-likeness (QED) is 0.582. The average molecular weight is 291 g/mol. The molecule has 1 rings (SSSR count). The van der Waals surface area contributed by atoms with Gasteiger partial charge in [0.25, 0.3) is 17.5 Å². The van der Waals surface area contributed by atoms with Gasteiger partial charge in [-0.25, -0.2) is 8.78 Å². The Morgan fingerprint density at radius 3 is 2.75 bits per heavy atom. The summed E-state index contributed by atoms with van der Waals surface area (Å²) in [5.74, 6) is -4.27. The van der Waals surface area contributed by atoms with Crippen molar-refractivity contribution in [2.45, 2.75) is 25.8 Å². The molecule has 0 atom stereocenters. The number of aliphatic hydroxyl groups is 1. The molecule has 112 valence electrons. The van der Waals surface area contributed by atoms with E-state index in [9.17, 15) is 23.7 Å². The minimum Gasteiger partial charge on any atom is -0.390 e. The molecule has 1 aromatic rings. The summed E-state index contributed by atoms with van der Waals surface area (Å²) in [6.45, 7) is -0.253. The summed E-state index contributed by atoms with van der Waals surface area (Å²) in [6.07, 6.45) is 1.81. The minimum absolute atomic E-state index is 0.0627. The number of halogens is 2. The molecule has 0 fully saturated rings. The van der Waals surface area contributed by atoms with Crippen LogP contribution < -0.4 is 5.32 Å². The van der Waals surface area contributed by atoms with Gasteiger partial charge < -0.3 is 15.0 Å². The maximum Gasteiger partial charge on any atom is 0.287 e. The van der Waals surface area contributed by atoms with Gasteiger partial charge in [0.05, 0.1) is 17.7 Å². The second-order valence-electron chi connectivity index (χ2n) is 4.23. The number of alkyl halides is 2. The molecule has 0 bridgehead atoms. The Bertz CT molecular complexity index is 502. The molecule has 0 radical (unpaired) electrons. The largest absolute Gasteiger partial charge is 0.390 e. The predicted octanol–water partition coefficient (Wildman–Crippen LogP) is 1.16. The van der Waals surface area contributed by atoms with Crippen LogP contribution in [-0.4, -0.2) is 39.6 Å². The number of hydrogen-bond donors (Lipinski definition) is 2. The van der Waals surface area contributed by atoms with Crippen molar-refractivity contribution < 1.29 is 23.6 Å². The molecule has 0 saturated heterocycles. The van der Waals surface area contributed by atoms with E-state index in [-0.39, 0.29) is 11.4 Å². The molecule has 2 N–H and O–H groups in total. The maximum absolute atomic E-state index is 12.8. The monoisotopic (exact) mass is 291 g/mol. The van der Waals surface area contributed by atoms with Crippen LogP contribution in [0, 0.1) is 10.1 Å². The van der Waals surface area contributed by atoms with Crippen LogP contribution in [0.25, 0.3) is 0 Å². The number of aliphatic hydroxyl groups excluding tert-OH is 1. The Morgan fingerprint density at radius 2 is 2.25 bits per heavy atom. The highest BCUT2D eigenvalue weighted by Crippen LogP contribution is 2.17. The second kappa shape index (κ2) is 6.42. The standard InChI is InChI=1S/C11H15F2N3O4/c1-2-3-15-5-8(16(19)20)4-9(15)10(18)14-6-11(12,13)7-17/h4-5,17H,2-3,6-7H2,1H3,(H,14,18).